The van der Waals surface area contributed by atoms with Crippen molar-refractivity contribution >= 4 is 60.4 Å². The van der Waals surface area contributed by atoms with Crippen LogP contribution in [0.1, 0.15) is 0 Å². The van der Waals surface area contributed by atoms with Crippen LogP contribution in [-0.4, -0.2) is 66.6 Å². The molecule has 368 valence electrons. The van der Waals surface area contributed by atoms with Gasteiger partial charge in [-0.1, -0.05) is 157 Å². The molecule has 2 N–H and O–H groups in total. The van der Waals surface area contributed by atoms with Crippen LogP contribution in [0.2, 0.25) is 0 Å². The number of rotatable bonds is 10. The summed E-state index contributed by atoms with van der Waals surface area (Å²) in [6.45, 7) is 0. The van der Waals surface area contributed by atoms with Gasteiger partial charge in [-0.05, 0) is 118 Å². The zero-order chi connectivity index (χ0) is 52.2. The zero-order valence-electron chi connectivity index (χ0n) is 40.2. The highest BCUT2D eigenvalue weighted by Crippen LogP contribution is 2.34. The fourth-order valence-corrected chi connectivity index (χ4v) is 8.94. The number of hydrogen-bond acceptors (Lipinski definition) is 10. The Morgan fingerprint density at radius 3 is 0.829 bits per heavy atom. The van der Waals surface area contributed by atoms with Crippen molar-refractivity contribution in [1.82, 2.24) is 49.5 Å². The molecule has 6 aromatic heterocycles. The van der Waals surface area contributed by atoms with Gasteiger partial charge in [0.05, 0.1) is 0 Å². The van der Waals surface area contributed by atoms with Gasteiger partial charge in [-0.3, -0.25) is 29.1 Å². The third-order valence-corrected chi connectivity index (χ3v) is 13.6. The molecule has 76 heavy (non-hydrogen) atoms. The maximum absolute atomic E-state index is 8.54. The molecule has 0 saturated heterocycles. The number of nitrogens with zero attached hydrogens (tertiary/aromatic N) is 10. The highest BCUT2D eigenvalue weighted by atomic mass is 79.9. The molecule has 6 aromatic carbocycles. The minimum absolute atomic E-state index is 0.414. The molecule has 12 rings (SSSR count). The quantitative estimate of drug-likeness (QED) is 0.127. The van der Waals surface area contributed by atoms with Crippen molar-refractivity contribution in [3.8, 4) is 90.3 Å². The molecule has 0 aliphatic carbocycles. The highest BCUT2D eigenvalue weighted by Gasteiger charge is 2.20. The van der Waals surface area contributed by atoms with E-state index in [9.17, 15) is 0 Å². The summed E-state index contributed by atoms with van der Waals surface area (Å²) in [7, 11) is -1.40. The van der Waals surface area contributed by atoms with Crippen LogP contribution in [0.5, 0.6) is 0 Å². The maximum Gasteiger partial charge on any atom is 0.490 e. The molecule has 6 heterocycles. The summed E-state index contributed by atoms with van der Waals surface area (Å²) in [6.07, 6.45) is 13.9. The van der Waals surface area contributed by atoms with Gasteiger partial charge < -0.3 is 10.0 Å². The van der Waals surface area contributed by atoms with Gasteiger partial charge in [-0.15, -0.1) is 20.4 Å². The van der Waals surface area contributed by atoms with E-state index >= 15 is 0 Å². The Bertz CT molecular complexity index is 3600. The van der Waals surface area contributed by atoms with Crippen molar-refractivity contribution in [2.75, 3.05) is 0 Å². The summed E-state index contributed by atoms with van der Waals surface area (Å²) in [5.74, 6) is 3.14. The van der Waals surface area contributed by atoms with Crippen molar-refractivity contribution < 1.29 is 10.0 Å². The predicted molar refractivity (Wildman–Crippen MR) is 311 cm³/mol. The lowest BCUT2D eigenvalue weighted by Gasteiger charge is -2.13. The van der Waals surface area contributed by atoms with E-state index < -0.39 is 7.12 Å². The Kier molecular flexibility index (Phi) is 16.4. The molecule has 0 radical (unpaired) electrons. The smallest absolute Gasteiger partial charge is 0.423 e. The summed E-state index contributed by atoms with van der Waals surface area (Å²) < 4.78 is 7.29. The summed E-state index contributed by atoms with van der Waals surface area (Å²) >= 11 is 10.5. The Hall–Kier alpha value is -8.38. The van der Waals surface area contributed by atoms with Crippen LogP contribution >= 0.6 is 47.8 Å². The second-order valence-electron chi connectivity index (χ2n) is 16.9. The molecule has 0 aliphatic rings. The summed E-state index contributed by atoms with van der Waals surface area (Å²) in [4.78, 5) is 16.5. The molecule has 16 heteroatoms. The molecule has 12 aromatic rings. The van der Waals surface area contributed by atoms with Gasteiger partial charge in [-0.25, -0.2) is 0 Å². The van der Waals surface area contributed by atoms with E-state index in [-0.39, 0.29) is 0 Å². The first-order chi connectivity index (χ1) is 37.3. The van der Waals surface area contributed by atoms with Crippen LogP contribution in [0.25, 0.3) is 90.3 Å². The van der Waals surface area contributed by atoms with Crippen molar-refractivity contribution in [2.45, 2.75) is 0 Å². The van der Waals surface area contributed by atoms with Gasteiger partial charge in [0.15, 0.2) is 23.3 Å². The maximum atomic E-state index is 8.54. The Labute approximate surface area is 464 Å². The summed E-state index contributed by atoms with van der Waals surface area (Å²) in [6, 6.07) is 64.7. The lowest BCUT2D eigenvalue weighted by molar-refractivity contribution is 0.425. The van der Waals surface area contributed by atoms with Crippen molar-refractivity contribution in [3.63, 3.8) is 0 Å². The minimum Gasteiger partial charge on any atom is -0.423 e. The molecular formula is C60H42BBr3N10O2. The van der Waals surface area contributed by atoms with Crippen LogP contribution in [0.15, 0.2) is 257 Å². The summed E-state index contributed by atoms with van der Waals surface area (Å²) in [5.41, 5.74) is 12.9. The SMILES string of the molecule is Brc1ccc(-c2nnc(-c3ccc(Br)cc3)n2-c2ccc(Br)cc2)cc1.OB(O)c1cccnc1.c1cncc(-c2ccc(-c3nnc(-c4ccc(-c5cccnc5)cc4)n3-c3ccc(-c4cccnc4)cc3)cc2)c1. The van der Waals surface area contributed by atoms with Crippen LogP contribution in [0.3, 0.4) is 0 Å². The van der Waals surface area contributed by atoms with E-state index in [1.54, 1.807) is 36.9 Å². The van der Waals surface area contributed by atoms with Gasteiger partial charge in [0.25, 0.3) is 0 Å². The second-order valence-corrected chi connectivity index (χ2v) is 19.7. The first kappa shape index (κ1) is 51.1. The lowest BCUT2D eigenvalue weighted by Crippen LogP contribution is -2.29. The molecule has 0 aliphatic heterocycles. The Morgan fingerprint density at radius 1 is 0.289 bits per heavy atom. The average molecular weight is 1190 g/mol. The van der Waals surface area contributed by atoms with Crippen LogP contribution < -0.4 is 5.46 Å². The molecule has 0 unspecified atom stereocenters. The van der Waals surface area contributed by atoms with Gasteiger partial charge in [0.2, 0.25) is 0 Å². The third kappa shape index (κ3) is 12.2. The minimum atomic E-state index is -1.40. The van der Waals surface area contributed by atoms with Crippen molar-refractivity contribution in [3.05, 3.63) is 257 Å². The highest BCUT2D eigenvalue weighted by molar-refractivity contribution is 9.11. The summed E-state index contributed by atoms with van der Waals surface area (Å²) in [5, 5.41) is 35.4. The van der Waals surface area contributed by atoms with Gasteiger partial charge >= 0.3 is 7.12 Å². The van der Waals surface area contributed by atoms with E-state index in [4.69, 9.17) is 10.0 Å². The van der Waals surface area contributed by atoms with E-state index in [1.165, 1.54) is 6.20 Å². The molecule has 0 bridgehead atoms. The van der Waals surface area contributed by atoms with Crippen molar-refractivity contribution in [2.24, 2.45) is 0 Å². The Morgan fingerprint density at radius 2 is 0.553 bits per heavy atom. The monoisotopic (exact) mass is 1180 g/mol. The van der Waals surface area contributed by atoms with E-state index in [2.05, 4.69) is 200 Å². The largest absolute Gasteiger partial charge is 0.490 e. The number of halogens is 3. The molecular weight excluding hydrogens is 1140 g/mol. The first-order valence-corrected chi connectivity index (χ1v) is 26.1. The van der Waals surface area contributed by atoms with E-state index in [1.807, 2.05) is 97.5 Å². The average Bonchev–Trinajstić information content (AvgIpc) is 4.18. The molecule has 0 amide bonds. The predicted octanol–water partition coefficient (Wildman–Crippen LogP) is 13.4. The number of benzene rings is 6. The number of pyridine rings is 4. The first-order valence-electron chi connectivity index (χ1n) is 23.7. The zero-order valence-corrected chi connectivity index (χ0v) is 44.9. The van der Waals surface area contributed by atoms with Gasteiger partial charge in [-0.2, -0.15) is 0 Å². The van der Waals surface area contributed by atoms with Crippen LogP contribution in [0, 0.1) is 0 Å². The molecule has 0 atom stereocenters. The number of hydrogen-bond donors (Lipinski definition) is 2. The van der Waals surface area contributed by atoms with E-state index in [0.29, 0.717) is 5.46 Å². The van der Waals surface area contributed by atoms with Gasteiger partial charge in [0, 0.05) is 102 Å². The molecule has 0 saturated carbocycles. The normalized spacial score (nSPS) is 10.7. The molecule has 0 spiro atoms. The topological polar surface area (TPSA) is 153 Å². The van der Waals surface area contributed by atoms with Crippen molar-refractivity contribution in [1.29, 1.82) is 0 Å². The fraction of sp³-hybridized carbons (Fsp3) is 0. The fourth-order valence-electron chi connectivity index (χ4n) is 8.15. The molecule has 0 fully saturated rings. The molecule has 12 nitrogen and oxygen atoms in total. The standard InChI is InChI=1S/C35H24N6.C20H12Br3N3.C5H6BNO2/c1-4-30(22-36-19-1)25-7-11-28(12-8-25)34-39-40-35(29-13-9-26(10-14-29)31-5-2-20-37-23-31)41(34)33-17-15-27(16-18-33)32-6-3-21-38-24-32;21-15-5-1-13(2-6-15)19-24-25-20(14-3-7-16(22)8-4-14)26(19)18-11-9-17(23)10-12-18;8-6(9)5-2-1-3-7-4-5/h1-24H;1-12H;1-4,8-9H. The Balaban J connectivity index is 0.000000159. The van der Waals surface area contributed by atoms with Crippen LogP contribution in [-0.2, 0) is 0 Å². The second kappa shape index (κ2) is 24.3. The van der Waals surface area contributed by atoms with Crippen LogP contribution in [0.4, 0.5) is 0 Å². The number of aromatic nitrogens is 10. The third-order valence-electron chi connectivity index (χ3n) is 12.0. The van der Waals surface area contributed by atoms with Gasteiger partial charge in [0.1, 0.15) is 0 Å². The van der Waals surface area contributed by atoms with E-state index in [0.717, 1.165) is 104 Å². The lowest BCUT2D eigenvalue weighted by atomic mass is 9.82.